The average Bonchev–Trinajstić information content (AvgIpc) is 3.11. The van der Waals surface area contributed by atoms with Crippen LogP contribution in [0.5, 0.6) is 0 Å². The fourth-order valence-electron chi connectivity index (χ4n) is 2.36. The molecule has 0 radical (unpaired) electrons. The summed E-state index contributed by atoms with van der Waals surface area (Å²) in [6.45, 7) is 3.37. The third-order valence-electron chi connectivity index (χ3n) is 3.66. The molecular weight excluding hydrogens is 439 g/mol. The van der Waals surface area contributed by atoms with Crippen molar-refractivity contribution >= 4 is 35.6 Å². The first-order chi connectivity index (χ1) is 11.7. The van der Waals surface area contributed by atoms with Gasteiger partial charge in [0.05, 0.1) is 17.6 Å². The van der Waals surface area contributed by atoms with E-state index in [4.69, 9.17) is 9.47 Å². The summed E-state index contributed by atoms with van der Waals surface area (Å²) in [5.74, 6) is 0.658. The zero-order valence-electron chi connectivity index (χ0n) is 14.3. The quantitative estimate of drug-likeness (QED) is 0.153. The maximum atomic E-state index is 10.8. The van der Waals surface area contributed by atoms with Gasteiger partial charge in [0, 0.05) is 45.5 Å². The fourth-order valence-corrected chi connectivity index (χ4v) is 2.36. The van der Waals surface area contributed by atoms with Crippen LogP contribution >= 0.6 is 24.0 Å². The van der Waals surface area contributed by atoms with Crippen molar-refractivity contribution in [1.82, 2.24) is 10.6 Å². The Kier molecular flexibility index (Phi) is 10.3. The predicted molar refractivity (Wildman–Crippen MR) is 107 cm³/mol. The number of nitrogens with zero attached hydrogens (tertiary/aromatic N) is 2. The molecule has 9 heteroatoms. The smallest absolute Gasteiger partial charge is 0.269 e. The number of halogens is 1. The molecule has 0 aliphatic carbocycles. The molecule has 1 unspecified atom stereocenters. The summed E-state index contributed by atoms with van der Waals surface area (Å²) in [5.41, 5.74) is 0.919. The molecule has 25 heavy (non-hydrogen) atoms. The molecule has 1 aliphatic rings. The van der Waals surface area contributed by atoms with Gasteiger partial charge in [-0.2, -0.15) is 0 Å². The van der Waals surface area contributed by atoms with Crippen LogP contribution in [0.4, 0.5) is 5.69 Å². The minimum Gasteiger partial charge on any atom is -0.379 e. The molecule has 1 saturated heterocycles. The molecule has 8 nitrogen and oxygen atoms in total. The van der Waals surface area contributed by atoms with Gasteiger partial charge in [-0.1, -0.05) is 12.1 Å². The highest BCUT2D eigenvalue weighted by Crippen LogP contribution is 2.12. The van der Waals surface area contributed by atoms with E-state index in [-0.39, 0.29) is 35.8 Å². The fraction of sp³-hybridized carbons (Fsp3) is 0.562. The summed E-state index contributed by atoms with van der Waals surface area (Å²) < 4.78 is 10.9. The summed E-state index contributed by atoms with van der Waals surface area (Å²) in [6.07, 6.45) is 2.07. The van der Waals surface area contributed by atoms with Gasteiger partial charge < -0.3 is 20.1 Å². The Balaban J connectivity index is 0.00000312. The number of hydrogen-bond donors (Lipinski definition) is 2. The minimum atomic E-state index is -0.397. The van der Waals surface area contributed by atoms with Crippen LogP contribution in [-0.2, 0) is 16.0 Å². The Morgan fingerprint density at radius 1 is 1.48 bits per heavy atom. The molecule has 0 amide bonds. The molecule has 0 saturated carbocycles. The summed E-state index contributed by atoms with van der Waals surface area (Å²) >= 11 is 0. The van der Waals surface area contributed by atoms with E-state index >= 15 is 0 Å². The van der Waals surface area contributed by atoms with E-state index in [0.717, 1.165) is 31.6 Å². The van der Waals surface area contributed by atoms with Gasteiger partial charge in [-0.3, -0.25) is 15.1 Å². The van der Waals surface area contributed by atoms with Crippen molar-refractivity contribution in [3.63, 3.8) is 0 Å². The van der Waals surface area contributed by atoms with Crippen molar-refractivity contribution in [2.24, 2.45) is 4.99 Å². The normalized spacial score (nSPS) is 17.0. The maximum absolute atomic E-state index is 10.8. The number of nitrogens with one attached hydrogen (secondary N) is 2. The number of hydrogen-bond acceptors (Lipinski definition) is 5. The van der Waals surface area contributed by atoms with Crippen LogP contribution in [-0.4, -0.2) is 50.4 Å². The number of non-ortho nitro benzene ring substituents is 1. The molecule has 140 valence electrons. The van der Waals surface area contributed by atoms with Crippen molar-refractivity contribution in [2.45, 2.75) is 25.5 Å². The van der Waals surface area contributed by atoms with E-state index in [1.807, 2.05) is 6.07 Å². The topological polar surface area (TPSA) is 98.0 Å². The van der Waals surface area contributed by atoms with Crippen LogP contribution in [0.1, 0.15) is 18.4 Å². The van der Waals surface area contributed by atoms with Gasteiger partial charge >= 0.3 is 0 Å². The summed E-state index contributed by atoms with van der Waals surface area (Å²) in [4.78, 5) is 14.5. The molecule has 0 bridgehead atoms. The Morgan fingerprint density at radius 2 is 2.32 bits per heavy atom. The van der Waals surface area contributed by atoms with Crippen LogP contribution in [0, 0.1) is 10.1 Å². The lowest BCUT2D eigenvalue weighted by Crippen LogP contribution is -2.37. The number of nitro benzene ring substituents is 1. The Bertz CT molecular complexity index is 565. The zero-order valence-corrected chi connectivity index (χ0v) is 16.6. The highest BCUT2D eigenvalue weighted by Gasteiger charge is 2.15. The van der Waals surface area contributed by atoms with E-state index in [0.29, 0.717) is 25.7 Å². The lowest BCUT2D eigenvalue weighted by atomic mass is 10.2. The third kappa shape index (κ3) is 7.97. The monoisotopic (exact) mass is 464 g/mol. The summed E-state index contributed by atoms with van der Waals surface area (Å²) in [6, 6.07) is 6.55. The zero-order chi connectivity index (χ0) is 17.2. The van der Waals surface area contributed by atoms with E-state index in [9.17, 15) is 10.1 Å². The van der Waals surface area contributed by atoms with Crippen molar-refractivity contribution < 1.29 is 14.4 Å². The molecular formula is C16H25IN4O4. The second-order valence-electron chi connectivity index (χ2n) is 5.49. The molecule has 1 atom stereocenters. The van der Waals surface area contributed by atoms with Gasteiger partial charge in [-0.25, -0.2) is 0 Å². The average molecular weight is 464 g/mol. The van der Waals surface area contributed by atoms with Crippen molar-refractivity contribution in [3.8, 4) is 0 Å². The summed E-state index contributed by atoms with van der Waals surface area (Å²) in [5, 5.41) is 17.1. The number of ether oxygens (including phenoxy) is 2. The Hall–Kier alpha value is -1.46. The molecule has 1 aliphatic heterocycles. The largest absolute Gasteiger partial charge is 0.379 e. The first kappa shape index (κ1) is 21.6. The molecule has 1 heterocycles. The molecule has 2 rings (SSSR count). The van der Waals surface area contributed by atoms with E-state index in [1.165, 1.54) is 6.07 Å². The summed E-state index contributed by atoms with van der Waals surface area (Å²) in [7, 11) is 1.69. The van der Waals surface area contributed by atoms with Crippen LogP contribution in [0.15, 0.2) is 29.3 Å². The van der Waals surface area contributed by atoms with Crippen LogP contribution in [0.25, 0.3) is 0 Å². The highest BCUT2D eigenvalue weighted by molar-refractivity contribution is 14.0. The third-order valence-corrected chi connectivity index (χ3v) is 3.66. The first-order valence-electron chi connectivity index (χ1n) is 8.06. The van der Waals surface area contributed by atoms with Crippen molar-refractivity contribution in [3.05, 3.63) is 39.9 Å². The number of guanidine groups is 1. The molecule has 0 aromatic heterocycles. The second kappa shape index (κ2) is 12.0. The number of benzene rings is 1. The van der Waals surface area contributed by atoms with Gasteiger partial charge in [0.15, 0.2) is 5.96 Å². The van der Waals surface area contributed by atoms with E-state index < -0.39 is 4.92 Å². The lowest BCUT2D eigenvalue weighted by Gasteiger charge is -2.13. The van der Waals surface area contributed by atoms with Crippen molar-refractivity contribution in [1.29, 1.82) is 0 Å². The maximum Gasteiger partial charge on any atom is 0.269 e. The van der Waals surface area contributed by atoms with Crippen LogP contribution in [0.2, 0.25) is 0 Å². The number of nitro groups is 1. The molecule has 1 aromatic carbocycles. The second-order valence-corrected chi connectivity index (χ2v) is 5.49. The minimum absolute atomic E-state index is 0. The first-order valence-corrected chi connectivity index (χ1v) is 8.06. The highest BCUT2D eigenvalue weighted by atomic mass is 127. The predicted octanol–water partition coefficient (Wildman–Crippen LogP) is 2.07. The van der Waals surface area contributed by atoms with Crippen LogP contribution in [0.3, 0.4) is 0 Å². The SMILES string of the molecule is CN=C(NCCCOC1CCOC1)NCc1cccc([N+](=O)[O-])c1.I. The van der Waals surface area contributed by atoms with E-state index in [2.05, 4.69) is 15.6 Å². The van der Waals surface area contributed by atoms with E-state index in [1.54, 1.807) is 19.2 Å². The van der Waals surface area contributed by atoms with Gasteiger partial charge in [0.2, 0.25) is 0 Å². The molecule has 1 aromatic rings. The molecule has 0 spiro atoms. The number of aliphatic imine (C=N–C) groups is 1. The van der Waals surface area contributed by atoms with Crippen molar-refractivity contribution in [2.75, 3.05) is 33.4 Å². The molecule has 1 fully saturated rings. The standard InChI is InChI=1S/C16H24N4O4.HI/c1-17-16(18-7-3-8-24-15-6-9-23-12-15)19-11-13-4-2-5-14(10-13)20(21)22;/h2,4-5,10,15H,3,6-9,11-12H2,1H3,(H2,17,18,19);1H. The number of rotatable bonds is 8. The van der Waals surface area contributed by atoms with Gasteiger partial charge in [-0.15, -0.1) is 24.0 Å². The Morgan fingerprint density at radius 3 is 3.00 bits per heavy atom. The van der Waals surface area contributed by atoms with Gasteiger partial charge in [0.25, 0.3) is 5.69 Å². The van der Waals surface area contributed by atoms with Gasteiger partial charge in [-0.05, 0) is 18.4 Å². The molecule has 2 N–H and O–H groups in total. The Labute approximate surface area is 164 Å². The van der Waals surface area contributed by atoms with Crippen LogP contribution < -0.4 is 10.6 Å². The lowest BCUT2D eigenvalue weighted by molar-refractivity contribution is -0.384. The van der Waals surface area contributed by atoms with Gasteiger partial charge in [0.1, 0.15) is 0 Å².